The zero-order valence-electron chi connectivity index (χ0n) is 9.53. The molecule has 0 aromatic heterocycles. The minimum absolute atomic E-state index is 0.108. The highest BCUT2D eigenvalue weighted by atomic mass is 19.1. The molecule has 1 rings (SSSR count). The van der Waals surface area contributed by atoms with Gasteiger partial charge in [0.25, 0.3) is 0 Å². The Morgan fingerprint density at radius 3 is 2.62 bits per heavy atom. The van der Waals surface area contributed by atoms with Crippen LogP contribution in [0, 0.1) is 5.82 Å². The first kappa shape index (κ1) is 12.6. The second kappa shape index (κ2) is 5.61. The van der Waals surface area contributed by atoms with Crippen LogP contribution in [0.2, 0.25) is 0 Å². The van der Waals surface area contributed by atoms with Crippen molar-refractivity contribution in [1.29, 1.82) is 0 Å². The zero-order chi connectivity index (χ0) is 12.1. The summed E-state index contributed by atoms with van der Waals surface area (Å²) in [6, 6.07) is 5.50. The van der Waals surface area contributed by atoms with E-state index in [0.29, 0.717) is 5.56 Å². The summed E-state index contributed by atoms with van der Waals surface area (Å²) in [5.74, 6) is -0.979. The topological polar surface area (TPSA) is 55.1 Å². The predicted molar refractivity (Wildman–Crippen MR) is 61.2 cm³/mol. The number of benzene rings is 1. The Kier molecular flexibility index (Phi) is 4.43. The largest absolute Gasteiger partial charge is 0.368 e. The van der Waals surface area contributed by atoms with E-state index in [2.05, 4.69) is 5.32 Å². The molecule has 0 aliphatic carbocycles. The van der Waals surface area contributed by atoms with Crippen molar-refractivity contribution in [3.8, 4) is 0 Å². The van der Waals surface area contributed by atoms with Crippen LogP contribution in [-0.2, 0) is 4.79 Å². The van der Waals surface area contributed by atoms with Gasteiger partial charge in [-0.1, -0.05) is 25.1 Å². The van der Waals surface area contributed by atoms with E-state index in [1.807, 2.05) is 13.8 Å². The molecule has 2 atom stereocenters. The van der Waals surface area contributed by atoms with Crippen LogP contribution in [-0.4, -0.2) is 11.9 Å². The standard InChI is InChI=1S/C12H17FN2O/c1-3-8(2)15-11(12(14)16)9-6-4-5-7-10(9)13/h4-8,11,15H,3H2,1-2H3,(H2,14,16). The van der Waals surface area contributed by atoms with E-state index in [1.165, 1.54) is 6.07 Å². The Hall–Kier alpha value is -1.42. The second-order valence-electron chi connectivity index (χ2n) is 3.83. The molecule has 0 saturated heterocycles. The molecule has 0 spiro atoms. The van der Waals surface area contributed by atoms with Crippen molar-refractivity contribution in [3.05, 3.63) is 35.6 Å². The second-order valence-corrected chi connectivity index (χ2v) is 3.83. The van der Waals surface area contributed by atoms with Gasteiger partial charge in [0.2, 0.25) is 5.91 Å². The molecule has 0 aliphatic rings. The molecule has 3 nitrogen and oxygen atoms in total. The highest BCUT2D eigenvalue weighted by Crippen LogP contribution is 2.17. The summed E-state index contributed by atoms with van der Waals surface area (Å²) in [6.45, 7) is 3.91. The maximum atomic E-state index is 13.5. The Balaban J connectivity index is 2.94. The molecule has 0 aliphatic heterocycles. The lowest BCUT2D eigenvalue weighted by atomic mass is 10.0. The Bertz CT molecular complexity index is 368. The third kappa shape index (κ3) is 3.03. The molecule has 1 aromatic carbocycles. The van der Waals surface area contributed by atoms with E-state index < -0.39 is 17.8 Å². The Morgan fingerprint density at radius 1 is 1.50 bits per heavy atom. The minimum atomic E-state index is -0.767. The fraction of sp³-hybridized carbons (Fsp3) is 0.417. The lowest BCUT2D eigenvalue weighted by Crippen LogP contribution is -2.38. The fourth-order valence-electron chi connectivity index (χ4n) is 1.44. The highest BCUT2D eigenvalue weighted by Gasteiger charge is 2.21. The number of rotatable bonds is 5. The van der Waals surface area contributed by atoms with Crippen molar-refractivity contribution in [1.82, 2.24) is 5.32 Å². The van der Waals surface area contributed by atoms with Crippen LogP contribution >= 0.6 is 0 Å². The van der Waals surface area contributed by atoms with Crippen molar-refractivity contribution in [3.63, 3.8) is 0 Å². The van der Waals surface area contributed by atoms with Gasteiger partial charge in [-0.3, -0.25) is 10.1 Å². The number of hydrogen-bond acceptors (Lipinski definition) is 2. The van der Waals surface area contributed by atoms with Crippen molar-refractivity contribution >= 4 is 5.91 Å². The summed E-state index contributed by atoms with van der Waals surface area (Å²) in [5, 5.41) is 3.01. The van der Waals surface area contributed by atoms with Crippen LogP contribution in [0.25, 0.3) is 0 Å². The molecule has 88 valence electrons. The molecule has 0 bridgehead atoms. The van der Waals surface area contributed by atoms with Gasteiger partial charge in [0.15, 0.2) is 0 Å². The summed E-state index contributed by atoms with van der Waals surface area (Å²) in [4.78, 5) is 11.3. The third-order valence-electron chi connectivity index (χ3n) is 2.56. The average molecular weight is 224 g/mol. The molecule has 0 heterocycles. The number of nitrogens with one attached hydrogen (secondary N) is 1. The zero-order valence-corrected chi connectivity index (χ0v) is 9.53. The first-order valence-electron chi connectivity index (χ1n) is 5.36. The van der Waals surface area contributed by atoms with Gasteiger partial charge < -0.3 is 5.73 Å². The number of carbonyl (C=O) groups excluding carboxylic acids is 1. The number of hydrogen-bond donors (Lipinski definition) is 2. The van der Waals surface area contributed by atoms with Crippen LogP contribution in [0.5, 0.6) is 0 Å². The third-order valence-corrected chi connectivity index (χ3v) is 2.56. The van der Waals surface area contributed by atoms with Crippen LogP contribution in [0.1, 0.15) is 31.9 Å². The molecule has 4 heteroatoms. The molecule has 16 heavy (non-hydrogen) atoms. The van der Waals surface area contributed by atoms with Gasteiger partial charge in [-0.2, -0.15) is 0 Å². The van der Waals surface area contributed by atoms with Gasteiger partial charge in [0.1, 0.15) is 11.9 Å². The Morgan fingerprint density at radius 2 is 2.12 bits per heavy atom. The molecule has 3 N–H and O–H groups in total. The van der Waals surface area contributed by atoms with Crippen molar-refractivity contribution in [2.75, 3.05) is 0 Å². The van der Waals surface area contributed by atoms with Crippen molar-refractivity contribution in [2.24, 2.45) is 5.73 Å². The van der Waals surface area contributed by atoms with E-state index in [-0.39, 0.29) is 6.04 Å². The molecule has 1 amide bonds. The van der Waals surface area contributed by atoms with Crippen LogP contribution < -0.4 is 11.1 Å². The highest BCUT2D eigenvalue weighted by molar-refractivity contribution is 5.81. The molecule has 2 unspecified atom stereocenters. The van der Waals surface area contributed by atoms with Gasteiger partial charge in [0, 0.05) is 11.6 Å². The fourth-order valence-corrected chi connectivity index (χ4v) is 1.44. The van der Waals surface area contributed by atoms with Crippen molar-refractivity contribution in [2.45, 2.75) is 32.4 Å². The van der Waals surface area contributed by atoms with Gasteiger partial charge in [-0.25, -0.2) is 4.39 Å². The monoisotopic (exact) mass is 224 g/mol. The molecule has 1 aromatic rings. The number of amides is 1. The lowest BCUT2D eigenvalue weighted by molar-refractivity contribution is -0.120. The summed E-state index contributed by atoms with van der Waals surface area (Å²) in [7, 11) is 0. The summed E-state index contributed by atoms with van der Waals surface area (Å²) in [6.07, 6.45) is 0.845. The van der Waals surface area contributed by atoms with E-state index in [0.717, 1.165) is 6.42 Å². The predicted octanol–water partition coefficient (Wildman–Crippen LogP) is 1.74. The molecular weight excluding hydrogens is 207 g/mol. The van der Waals surface area contributed by atoms with Gasteiger partial charge >= 0.3 is 0 Å². The summed E-state index contributed by atoms with van der Waals surface area (Å²) < 4.78 is 13.5. The van der Waals surface area contributed by atoms with E-state index in [1.54, 1.807) is 18.2 Å². The lowest BCUT2D eigenvalue weighted by Gasteiger charge is -2.20. The normalized spacial score (nSPS) is 14.4. The van der Waals surface area contributed by atoms with Crippen LogP contribution in [0.15, 0.2) is 24.3 Å². The van der Waals surface area contributed by atoms with Crippen LogP contribution in [0.4, 0.5) is 4.39 Å². The van der Waals surface area contributed by atoms with Crippen LogP contribution in [0.3, 0.4) is 0 Å². The molecule has 0 fully saturated rings. The van der Waals surface area contributed by atoms with Gasteiger partial charge in [-0.15, -0.1) is 0 Å². The van der Waals surface area contributed by atoms with E-state index >= 15 is 0 Å². The maximum Gasteiger partial charge on any atom is 0.239 e. The Labute approximate surface area is 94.8 Å². The molecule has 0 radical (unpaired) electrons. The minimum Gasteiger partial charge on any atom is -0.368 e. The maximum absolute atomic E-state index is 13.5. The van der Waals surface area contributed by atoms with Gasteiger partial charge in [-0.05, 0) is 19.4 Å². The van der Waals surface area contributed by atoms with Crippen molar-refractivity contribution < 1.29 is 9.18 Å². The number of halogens is 1. The first-order chi connectivity index (χ1) is 7.56. The average Bonchev–Trinajstić information content (AvgIpc) is 2.26. The smallest absolute Gasteiger partial charge is 0.239 e. The summed E-state index contributed by atoms with van der Waals surface area (Å²) in [5.41, 5.74) is 5.57. The quantitative estimate of drug-likeness (QED) is 0.800. The number of carbonyl (C=O) groups is 1. The number of nitrogens with two attached hydrogens (primary N) is 1. The first-order valence-corrected chi connectivity index (χ1v) is 5.36. The number of primary amides is 1. The SMILES string of the molecule is CCC(C)NC(C(N)=O)c1ccccc1F. The van der Waals surface area contributed by atoms with E-state index in [4.69, 9.17) is 5.73 Å². The van der Waals surface area contributed by atoms with E-state index in [9.17, 15) is 9.18 Å². The molecule has 0 saturated carbocycles. The summed E-state index contributed by atoms with van der Waals surface area (Å²) >= 11 is 0. The molecular formula is C12H17FN2O. The van der Waals surface area contributed by atoms with Gasteiger partial charge in [0.05, 0.1) is 0 Å².